The Labute approximate surface area is 163 Å². The molecule has 0 aromatic heterocycles. The monoisotopic (exact) mass is 423 g/mol. The molecule has 0 radical (unpaired) electrons. The Morgan fingerprint density at radius 3 is 2.42 bits per heavy atom. The minimum absolute atomic E-state index is 0.0454. The molecule has 1 aromatic rings. The fraction of sp³-hybridized carbons (Fsp3) is 0.625. The summed E-state index contributed by atoms with van der Waals surface area (Å²) < 4.78 is 22.7. The van der Waals surface area contributed by atoms with Crippen LogP contribution in [-0.4, -0.2) is 57.8 Å². The van der Waals surface area contributed by atoms with Crippen LogP contribution >= 0.6 is 30.9 Å². The minimum Gasteiger partial charge on any atom is -0.298 e. The van der Waals surface area contributed by atoms with E-state index in [1.54, 1.807) is 16.3 Å². The first kappa shape index (κ1) is 21.6. The molecule has 26 heavy (non-hydrogen) atoms. The molecule has 1 saturated heterocycles. The number of halogens is 2. The average Bonchev–Trinajstić information content (AvgIpc) is 2.64. The lowest BCUT2D eigenvalue weighted by atomic mass is 9.98. The molecule has 146 valence electrons. The summed E-state index contributed by atoms with van der Waals surface area (Å²) in [6.45, 7) is 2.54. The molecule has 2 unspecified atom stereocenters. The van der Waals surface area contributed by atoms with Gasteiger partial charge >= 0.3 is 7.67 Å². The second-order valence-corrected chi connectivity index (χ2v) is 9.37. The summed E-state index contributed by atoms with van der Waals surface area (Å²) in [5.41, 5.74) is -0.376. The molecule has 0 spiro atoms. The molecule has 0 aliphatic carbocycles. The third-order valence-corrected chi connectivity index (χ3v) is 7.55. The van der Waals surface area contributed by atoms with E-state index in [4.69, 9.17) is 27.7 Å². The molecule has 1 aliphatic heterocycles. The highest BCUT2D eigenvalue weighted by Crippen LogP contribution is 2.58. The molecule has 1 aliphatic rings. The molecule has 0 amide bonds. The second-order valence-electron chi connectivity index (χ2n) is 6.24. The van der Waals surface area contributed by atoms with Gasteiger partial charge in [0.15, 0.2) is 0 Å². The summed E-state index contributed by atoms with van der Waals surface area (Å²) in [6.07, 6.45) is 0.288. The van der Waals surface area contributed by atoms with Gasteiger partial charge in [0.1, 0.15) is 6.61 Å². The van der Waals surface area contributed by atoms with Gasteiger partial charge in [-0.3, -0.25) is 19.2 Å². The highest BCUT2D eigenvalue weighted by molar-refractivity contribution is 7.54. The standard InChI is InChI=1S/C16H24Cl2N3O4P/c1-2-16(21(22)23)13-20(12-15-6-4-3-5-7-15)26(24,25-14-16)19(10-8-17)11-9-18/h3-7H,2,8-14H2,1H3. The van der Waals surface area contributed by atoms with Crippen LogP contribution < -0.4 is 0 Å². The van der Waals surface area contributed by atoms with Crippen molar-refractivity contribution >= 4 is 30.9 Å². The van der Waals surface area contributed by atoms with E-state index in [9.17, 15) is 14.7 Å². The summed E-state index contributed by atoms with van der Waals surface area (Å²) >= 11 is 11.7. The van der Waals surface area contributed by atoms with E-state index in [1.165, 1.54) is 0 Å². The van der Waals surface area contributed by atoms with Gasteiger partial charge in [0.2, 0.25) is 0 Å². The van der Waals surface area contributed by atoms with E-state index in [2.05, 4.69) is 0 Å². The maximum absolute atomic E-state index is 13.8. The van der Waals surface area contributed by atoms with Gasteiger partial charge < -0.3 is 0 Å². The van der Waals surface area contributed by atoms with Gasteiger partial charge in [-0.1, -0.05) is 37.3 Å². The number of nitro groups is 1. The van der Waals surface area contributed by atoms with Crippen molar-refractivity contribution in [1.82, 2.24) is 9.34 Å². The number of benzene rings is 1. The molecule has 2 rings (SSSR count). The summed E-state index contributed by atoms with van der Waals surface area (Å²) in [6, 6.07) is 9.43. The number of nitrogens with zero attached hydrogens (tertiary/aromatic N) is 3. The first-order valence-corrected chi connectivity index (χ1v) is 11.1. The Hall–Kier alpha value is -0.690. The molecule has 7 nitrogen and oxygen atoms in total. The number of hydrogen-bond acceptors (Lipinski definition) is 4. The van der Waals surface area contributed by atoms with Crippen LogP contribution in [0, 0.1) is 10.1 Å². The van der Waals surface area contributed by atoms with E-state index < -0.39 is 13.2 Å². The third kappa shape index (κ3) is 4.58. The first-order valence-electron chi connectivity index (χ1n) is 8.47. The zero-order valence-electron chi connectivity index (χ0n) is 14.7. The van der Waals surface area contributed by atoms with Crippen LogP contribution in [0.4, 0.5) is 0 Å². The Balaban J connectivity index is 2.38. The van der Waals surface area contributed by atoms with Crippen LogP contribution in [0.1, 0.15) is 18.9 Å². The summed E-state index contributed by atoms with van der Waals surface area (Å²) in [4.78, 5) is 11.4. The summed E-state index contributed by atoms with van der Waals surface area (Å²) in [5.74, 6) is 0.523. The van der Waals surface area contributed by atoms with E-state index in [0.29, 0.717) is 13.1 Å². The molecule has 0 saturated carbocycles. The van der Waals surface area contributed by atoms with E-state index >= 15 is 0 Å². The smallest absolute Gasteiger partial charge is 0.298 e. The lowest BCUT2D eigenvalue weighted by Gasteiger charge is -2.44. The maximum atomic E-state index is 13.8. The summed E-state index contributed by atoms with van der Waals surface area (Å²) in [5, 5.41) is 11.7. The Morgan fingerprint density at radius 2 is 1.92 bits per heavy atom. The van der Waals surface area contributed by atoms with E-state index in [1.807, 2.05) is 30.3 Å². The first-order chi connectivity index (χ1) is 12.4. The van der Waals surface area contributed by atoms with Crippen molar-refractivity contribution in [3.05, 3.63) is 46.0 Å². The molecule has 1 aromatic carbocycles. The van der Waals surface area contributed by atoms with Crippen LogP contribution in [-0.2, 0) is 15.6 Å². The van der Waals surface area contributed by atoms with Crippen LogP contribution in [0.25, 0.3) is 0 Å². The molecule has 10 heteroatoms. The van der Waals surface area contributed by atoms with Crippen molar-refractivity contribution < 1.29 is 14.0 Å². The quantitative estimate of drug-likeness (QED) is 0.260. The van der Waals surface area contributed by atoms with Gasteiger partial charge in [-0.05, 0) is 5.56 Å². The number of alkyl halides is 2. The SMILES string of the molecule is CCC1([N+](=O)[O-])COP(=O)(N(CCCl)CCCl)N(Cc2ccccc2)C1. The topological polar surface area (TPSA) is 75.9 Å². The van der Waals surface area contributed by atoms with Crippen molar-refractivity contribution in [1.29, 1.82) is 0 Å². The predicted octanol–water partition coefficient (Wildman–Crippen LogP) is 3.83. The van der Waals surface area contributed by atoms with E-state index in [0.717, 1.165) is 5.56 Å². The Kier molecular flexibility index (Phi) is 7.89. The largest absolute Gasteiger partial charge is 0.346 e. The fourth-order valence-electron chi connectivity index (χ4n) is 2.97. The molecule has 1 heterocycles. The summed E-state index contributed by atoms with van der Waals surface area (Å²) in [7, 11) is -3.47. The Morgan fingerprint density at radius 1 is 1.31 bits per heavy atom. The average molecular weight is 424 g/mol. The molecular weight excluding hydrogens is 400 g/mol. The van der Waals surface area contributed by atoms with Crippen molar-refractivity contribution in [3.8, 4) is 0 Å². The third-order valence-electron chi connectivity index (χ3n) is 4.63. The molecule has 0 bridgehead atoms. The Bertz CT molecular complexity index is 646. The lowest BCUT2D eigenvalue weighted by molar-refractivity contribution is -0.575. The van der Waals surface area contributed by atoms with Gasteiger partial charge in [-0.25, -0.2) is 9.34 Å². The zero-order chi connectivity index (χ0) is 19.2. The van der Waals surface area contributed by atoms with Gasteiger partial charge in [0.25, 0.3) is 5.54 Å². The fourth-order valence-corrected chi connectivity index (χ4v) is 6.20. The van der Waals surface area contributed by atoms with Crippen LogP contribution in [0.2, 0.25) is 0 Å². The van der Waals surface area contributed by atoms with Crippen LogP contribution in [0.5, 0.6) is 0 Å². The molecular formula is C16H24Cl2N3O4P. The highest BCUT2D eigenvalue weighted by Gasteiger charge is 2.55. The molecule has 1 fully saturated rings. The van der Waals surface area contributed by atoms with E-state index in [-0.39, 0.29) is 42.8 Å². The normalized spacial score (nSPS) is 26.9. The van der Waals surface area contributed by atoms with Crippen LogP contribution in [0.3, 0.4) is 0 Å². The lowest BCUT2D eigenvalue weighted by Crippen LogP contribution is -2.56. The van der Waals surface area contributed by atoms with Gasteiger partial charge in [0.05, 0.1) is 6.54 Å². The van der Waals surface area contributed by atoms with Crippen molar-refractivity contribution in [2.45, 2.75) is 25.4 Å². The molecule has 0 N–H and O–H groups in total. The number of hydrogen-bond donors (Lipinski definition) is 0. The van der Waals surface area contributed by atoms with Gasteiger partial charge in [-0.2, -0.15) is 0 Å². The minimum atomic E-state index is -3.47. The van der Waals surface area contributed by atoms with Crippen molar-refractivity contribution in [3.63, 3.8) is 0 Å². The van der Waals surface area contributed by atoms with Gasteiger partial charge in [0, 0.05) is 42.7 Å². The van der Waals surface area contributed by atoms with Gasteiger partial charge in [-0.15, -0.1) is 23.2 Å². The van der Waals surface area contributed by atoms with Crippen LogP contribution in [0.15, 0.2) is 30.3 Å². The maximum Gasteiger partial charge on any atom is 0.346 e. The second kappa shape index (κ2) is 9.49. The predicted molar refractivity (Wildman–Crippen MR) is 103 cm³/mol. The zero-order valence-corrected chi connectivity index (χ0v) is 17.1. The highest BCUT2D eigenvalue weighted by atomic mass is 35.5. The van der Waals surface area contributed by atoms with Crippen molar-refractivity contribution in [2.24, 2.45) is 0 Å². The number of rotatable bonds is 9. The van der Waals surface area contributed by atoms with Crippen molar-refractivity contribution in [2.75, 3.05) is 38.0 Å². The molecule has 2 atom stereocenters.